The third-order valence-corrected chi connectivity index (χ3v) is 4.01. The van der Waals surface area contributed by atoms with Crippen LogP contribution in [0.2, 0.25) is 0 Å². The molecule has 0 radical (unpaired) electrons. The number of oxazole rings is 1. The predicted octanol–water partition coefficient (Wildman–Crippen LogP) is 2.66. The maximum Gasteiger partial charge on any atom is 0.238 e. The fourth-order valence-corrected chi connectivity index (χ4v) is 2.62. The van der Waals surface area contributed by atoms with Crippen LogP contribution in [0.15, 0.2) is 70.3 Å². The van der Waals surface area contributed by atoms with E-state index in [0.29, 0.717) is 5.89 Å². The maximum atomic E-state index is 11.3. The van der Waals surface area contributed by atoms with Crippen LogP contribution in [0.4, 0.5) is 0 Å². The lowest BCUT2D eigenvalue weighted by Gasteiger charge is -2.07. The number of primary sulfonamides is 1. The quantitative estimate of drug-likeness (QED) is 0.805. The Hall–Kier alpha value is -2.44. The average molecular weight is 300 g/mol. The van der Waals surface area contributed by atoms with Gasteiger partial charge in [0.05, 0.1) is 11.1 Å². The lowest BCUT2D eigenvalue weighted by atomic mass is 10.00. The summed E-state index contributed by atoms with van der Waals surface area (Å²) in [5.41, 5.74) is 2.60. The zero-order chi connectivity index (χ0) is 14.9. The van der Waals surface area contributed by atoms with E-state index in [2.05, 4.69) is 4.98 Å². The molecule has 0 aliphatic heterocycles. The fraction of sp³-hybridized carbons (Fsp3) is 0. The SMILES string of the molecule is NS(=O)(=O)c1ccc(-c2ccccc2-c2ncco2)cc1. The van der Waals surface area contributed by atoms with Crippen molar-refractivity contribution in [3.63, 3.8) is 0 Å². The first-order valence-electron chi connectivity index (χ1n) is 6.18. The van der Waals surface area contributed by atoms with Crippen LogP contribution in [0.1, 0.15) is 0 Å². The van der Waals surface area contributed by atoms with Gasteiger partial charge >= 0.3 is 0 Å². The molecule has 0 unspecified atom stereocenters. The zero-order valence-corrected chi connectivity index (χ0v) is 11.7. The molecular weight excluding hydrogens is 288 g/mol. The second-order valence-electron chi connectivity index (χ2n) is 4.45. The number of sulfonamides is 1. The van der Waals surface area contributed by atoms with E-state index < -0.39 is 10.0 Å². The topological polar surface area (TPSA) is 86.2 Å². The molecule has 3 rings (SSSR count). The van der Waals surface area contributed by atoms with Gasteiger partial charge in [-0.05, 0) is 29.3 Å². The fourth-order valence-electron chi connectivity index (χ4n) is 2.10. The molecule has 0 atom stereocenters. The van der Waals surface area contributed by atoms with Gasteiger partial charge in [0.1, 0.15) is 6.26 Å². The Labute approximate surface area is 122 Å². The number of hydrogen-bond acceptors (Lipinski definition) is 4. The van der Waals surface area contributed by atoms with Gasteiger partial charge in [-0.15, -0.1) is 0 Å². The third kappa shape index (κ3) is 2.72. The number of hydrogen-bond donors (Lipinski definition) is 1. The summed E-state index contributed by atoms with van der Waals surface area (Å²) in [6.07, 6.45) is 3.09. The monoisotopic (exact) mass is 300 g/mol. The number of nitrogens with zero attached hydrogens (tertiary/aromatic N) is 1. The molecular formula is C15H12N2O3S. The number of aromatic nitrogens is 1. The highest BCUT2D eigenvalue weighted by Crippen LogP contribution is 2.31. The summed E-state index contributed by atoms with van der Waals surface area (Å²) in [7, 11) is -3.69. The minimum Gasteiger partial charge on any atom is -0.445 e. The second-order valence-corrected chi connectivity index (χ2v) is 6.01. The highest BCUT2D eigenvalue weighted by atomic mass is 32.2. The number of nitrogens with two attached hydrogens (primary N) is 1. The average Bonchev–Trinajstić information content (AvgIpc) is 3.01. The molecule has 106 valence electrons. The summed E-state index contributed by atoms with van der Waals surface area (Å²) in [4.78, 5) is 4.23. The molecule has 0 fully saturated rings. The first kappa shape index (κ1) is 13.5. The van der Waals surface area contributed by atoms with Gasteiger partial charge in [-0.3, -0.25) is 0 Å². The van der Waals surface area contributed by atoms with Crippen molar-refractivity contribution in [2.75, 3.05) is 0 Å². The molecule has 0 aliphatic rings. The van der Waals surface area contributed by atoms with Gasteiger partial charge in [0, 0.05) is 5.56 Å². The van der Waals surface area contributed by atoms with Gasteiger partial charge in [0.2, 0.25) is 15.9 Å². The van der Waals surface area contributed by atoms with Crippen molar-refractivity contribution in [2.45, 2.75) is 4.90 Å². The normalized spacial score (nSPS) is 11.5. The first-order chi connectivity index (χ1) is 10.1. The highest BCUT2D eigenvalue weighted by molar-refractivity contribution is 7.89. The van der Waals surface area contributed by atoms with Crippen molar-refractivity contribution in [1.29, 1.82) is 0 Å². The Morgan fingerprint density at radius 3 is 2.19 bits per heavy atom. The van der Waals surface area contributed by atoms with Crippen LogP contribution < -0.4 is 5.14 Å². The molecule has 2 N–H and O–H groups in total. The Morgan fingerprint density at radius 1 is 0.952 bits per heavy atom. The Morgan fingerprint density at radius 2 is 1.62 bits per heavy atom. The van der Waals surface area contributed by atoms with E-state index in [0.717, 1.165) is 16.7 Å². The van der Waals surface area contributed by atoms with E-state index in [-0.39, 0.29) is 4.90 Å². The van der Waals surface area contributed by atoms with E-state index in [1.165, 1.54) is 18.4 Å². The van der Waals surface area contributed by atoms with Gasteiger partial charge in [-0.2, -0.15) is 0 Å². The van der Waals surface area contributed by atoms with Gasteiger partial charge in [-0.1, -0.05) is 30.3 Å². The molecule has 0 amide bonds. The molecule has 1 heterocycles. The molecule has 21 heavy (non-hydrogen) atoms. The van der Waals surface area contributed by atoms with Crippen molar-refractivity contribution in [3.05, 3.63) is 61.0 Å². The smallest absolute Gasteiger partial charge is 0.238 e. The molecule has 5 nitrogen and oxygen atoms in total. The number of benzene rings is 2. The Kier molecular flexibility index (Phi) is 3.32. The van der Waals surface area contributed by atoms with Gasteiger partial charge in [-0.25, -0.2) is 18.5 Å². The van der Waals surface area contributed by atoms with Crippen LogP contribution in [-0.4, -0.2) is 13.4 Å². The summed E-state index contributed by atoms with van der Waals surface area (Å²) < 4.78 is 27.9. The van der Waals surface area contributed by atoms with Gasteiger partial charge < -0.3 is 4.42 Å². The van der Waals surface area contributed by atoms with E-state index >= 15 is 0 Å². The second kappa shape index (κ2) is 5.16. The molecule has 1 aromatic heterocycles. The van der Waals surface area contributed by atoms with Crippen LogP contribution in [0.3, 0.4) is 0 Å². The first-order valence-corrected chi connectivity index (χ1v) is 7.72. The maximum absolute atomic E-state index is 11.3. The van der Waals surface area contributed by atoms with E-state index in [1.807, 2.05) is 24.3 Å². The third-order valence-electron chi connectivity index (χ3n) is 3.08. The Balaban J connectivity index is 2.10. The molecule has 0 aliphatic carbocycles. The summed E-state index contributed by atoms with van der Waals surface area (Å²) >= 11 is 0. The van der Waals surface area contributed by atoms with Gasteiger partial charge in [0.15, 0.2) is 0 Å². The molecule has 6 heteroatoms. The van der Waals surface area contributed by atoms with Crippen molar-refractivity contribution in [3.8, 4) is 22.6 Å². The van der Waals surface area contributed by atoms with Crippen LogP contribution in [0.5, 0.6) is 0 Å². The molecule has 3 aromatic rings. The van der Waals surface area contributed by atoms with Crippen molar-refractivity contribution >= 4 is 10.0 Å². The van der Waals surface area contributed by atoms with Crippen LogP contribution in [0.25, 0.3) is 22.6 Å². The highest BCUT2D eigenvalue weighted by Gasteiger charge is 2.12. The largest absolute Gasteiger partial charge is 0.445 e. The van der Waals surface area contributed by atoms with Crippen molar-refractivity contribution in [2.24, 2.45) is 5.14 Å². The molecule has 0 bridgehead atoms. The van der Waals surface area contributed by atoms with E-state index in [4.69, 9.17) is 9.56 Å². The lowest BCUT2D eigenvalue weighted by Crippen LogP contribution is -2.11. The summed E-state index contributed by atoms with van der Waals surface area (Å²) in [5.74, 6) is 0.515. The molecule has 0 saturated heterocycles. The lowest BCUT2D eigenvalue weighted by molar-refractivity contribution is 0.575. The van der Waals surface area contributed by atoms with Crippen LogP contribution in [0, 0.1) is 0 Å². The van der Waals surface area contributed by atoms with Crippen molar-refractivity contribution < 1.29 is 12.8 Å². The summed E-state index contributed by atoms with van der Waals surface area (Å²) in [6, 6.07) is 14.0. The summed E-state index contributed by atoms with van der Waals surface area (Å²) in [6.45, 7) is 0. The minimum absolute atomic E-state index is 0.0832. The van der Waals surface area contributed by atoms with E-state index in [1.54, 1.807) is 18.3 Å². The van der Waals surface area contributed by atoms with Crippen LogP contribution in [-0.2, 0) is 10.0 Å². The Bertz CT molecular complexity index is 854. The summed E-state index contributed by atoms with van der Waals surface area (Å²) in [5, 5.41) is 5.10. The number of rotatable bonds is 3. The minimum atomic E-state index is -3.69. The molecule has 0 spiro atoms. The van der Waals surface area contributed by atoms with Gasteiger partial charge in [0.25, 0.3) is 0 Å². The zero-order valence-electron chi connectivity index (χ0n) is 10.9. The van der Waals surface area contributed by atoms with Crippen molar-refractivity contribution in [1.82, 2.24) is 4.98 Å². The molecule has 0 saturated carbocycles. The predicted molar refractivity (Wildman–Crippen MR) is 78.7 cm³/mol. The van der Waals surface area contributed by atoms with E-state index in [9.17, 15) is 8.42 Å². The van der Waals surface area contributed by atoms with Crippen LogP contribution >= 0.6 is 0 Å². The molecule has 2 aromatic carbocycles. The standard InChI is InChI=1S/C15H12N2O3S/c16-21(18,19)12-7-5-11(6-8-12)13-3-1-2-4-14(13)15-17-9-10-20-15/h1-10H,(H2,16,18,19).